The molecule has 0 aliphatic carbocycles. The van der Waals surface area contributed by atoms with E-state index in [2.05, 4.69) is 70.0 Å². The Bertz CT molecular complexity index is 529. The number of rotatable bonds is 2. The summed E-state index contributed by atoms with van der Waals surface area (Å²) in [6.45, 7) is 4.15. The Morgan fingerprint density at radius 1 is 1.18 bits per heavy atom. The molecule has 0 radical (unpaired) electrons. The van der Waals surface area contributed by atoms with E-state index in [0.717, 1.165) is 13.8 Å². The van der Waals surface area contributed by atoms with Crippen molar-refractivity contribution in [1.29, 1.82) is 0 Å². The van der Waals surface area contributed by atoms with Crippen molar-refractivity contribution in [2.75, 3.05) is 0 Å². The average Bonchev–Trinajstić information content (AvgIpc) is 2.58. The minimum atomic E-state index is -0.0972. The van der Waals surface area contributed by atoms with Gasteiger partial charge in [-0.05, 0) is 58.6 Å². The fourth-order valence-electron chi connectivity index (χ4n) is 1.60. The second-order valence-electron chi connectivity index (χ2n) is 3.99. The first-order valence-electron chi connectivity index (χ1n) is 5.15. The Kier molecular flexibility index (Phi) is 4.35. The first-order valence-corrected chi connectivity index (χ1v) is 7.99. The van der Waals surface area contributed by atoms with Crippen LogP contribution in [0.2, 0.25) is 0 Å². The van der Waals surface area contributed by atoms with E-state index in [1.807, 2.05) is 0 Å². The van der Waals surface area contributed by atoms with Crippen LogP contribution in [0.4, 0.5) is 0 Å². The number of thiophene rings is 1. The van der Waals surface area contributed by atoms with Gasteiger partial charge < -0.3 is 0 Å². The summed E-state index contributed by atoms with van der Waals surface area (Å²) in [6.07, 6.45) is 0. The van der Waals surface area contributed by atoms with Crippen molar-refractivity contribution in [3.8, 4) is 0 Å². The van der Waals surface area contributed by atoms with Crippen LogP contribution in [0.5, 0.6) is 0 Å². The minimum Gasteiger partial charge on any atom is -0.131 e. The van der Waals surface area contributed by atoms with Crippen molar-refractivity contribution in [2.45, 2.75) is 19.2 Å². The smallest absolute Gasteiger partial charge is 0.0939 e. The highest BCUT2D eigenvalue weighted by atomic mass is 79.9. The molecule has 0 saturated heterocycles. The monoisotopic (exact) mass is 392 g/mol. The molecular weight excluding hydrogens is 383 g/mol. The van der Waals surface area contributed by atoms with Gasteiger partial charge in [-0.2, -0.15) is 0 Å². The number of hydrogen-bond acceptors (Lipinski definition) is 1. The quantitative estimate of drug-likeness (QED) is 0.531. The molecule has 0 N–H and O–H groups in total. The molecule has 4 heteroatoms. The highest BCUT2D eigenvalue weighted by molar-refractivity contribution is 9.11. The molecule has 17 heavy (non-hydrogen) atoms. The third kappa shape index (κ3) is 2.95. The first-order chi connectivity index (χ1) is 7.99. The van der Waals surface area contributed by atoms with Crippen LogP contribution >= 0.6 is 54.8 Å². The van der Waals surface area contributed by atoms with Gasteiger partial charge in [0.15, 0.2) is 0 Å². The summed E-state index contributed by atoms with van der Waals surface area (Å²) < 4.78 is 2.22. The van der Waals surface area contributed by atoms with E-state index >= 15 is 0 Å². The van der Waals surface area contributed by atoms with E-state index < -0.39 is 0 Å². The van der Waals surface area contributed by atoms with Crippen molar-refractivity contribution in [3.63, 3.8) is 0 Å². The third-order valence-corrected chi connectivity index (χ3v) is 6.04. The lowest BCUT2D eigenvalue weighted by molar-refractivity contribution is 1.16. The van der Waals surface area contributed by atoms with Gasteiger partial charge in [-0.1, -0.05) is 28.1 Å². The van der Waals surface area contributed by atoms with Crippen molar-refractivity contribution < 1.29 is 0 Å². The summed E-state index contributed by atoms with van der Waals surface area (Å²) in [7, 11) is 0. The summed E-state index contributed by atoms with van der Waals surface area (Å²) in [5.74, 6) is 0. The second kappa shape index (κ2) is 5.43. The molecule has 1 heterocycles. The van der Waals surface area contributed by atoms with E-state index in [0.29, 0.717) is 0 Å². The summed E-state index contributed by atoms with van der Waals surface area (Å²) >= 11 is 15.3. The molecule has 0 aliphatic heterocycles. The van der Waals surface area contributed by atoms with Crippen LogP contribution in [0, 0.1) is 13.8 Å². The predicted octanol–water partition coefficient (Wildman–Crippen LogP) is 6.22. The molecule has 1 unspecified atom stereocenters. The predicted molar refractivity (Wildman–Crippen MR) is 83.3 cm³/mol. The molecule has 0 saturated carbocycles. The summed E-state index contributed by atoms with van der Waals surface area (Å²) in [6, 6.07) is 8.41. The normalized spacial score (nSPS) is 12.8. The van der Waals surface area contributed by atoms with Crippen molar-refractivity contribution in [1.82, 2.24) is 0 Å². The number of hydrogen-bond donors (Lipinski definition) is 0. The molecule has 2 rings (SSSR count). The van der Waals surface area contributed by atoms with Gasteiger partial charge in [0.1, 0.15) is 0 Å². The Morgan fingerprint density at radius 3 is 2.41 bits per heavy atom. The van der Waals surface area contributed by atoms with E-state index in [-0.39, 0.29) is 5.38 Å². The molecule has 0 amide bonds. The maximum absolute atomic E-state index is 6.53. The molecular formula is C13H11Br2ClS. The lowest BCUT2D eigenvalue weighted by Crippen LogP contribution is -1.92. The fraction of sp³-hybridized carbons (Fsp3) is 0.231. The van der Waals surface area contributed by atoms with Gasteiger partial charge in [-0.15, -0.1) is 22.9 Å². The maximum atomic E-state index is 6.53. The van der Waals surface area contributed by atoms with Gasteiger partial charge in [-0.25, -0.2) is 0 Å². The molecule has 0 bridgehead atoms. The molecule has 2 aromatic rings. The van der Waals surface area contributed by atoms with Gasteiger partial charge in [0.2, 0.25) is 0 Å². The number of alkyl halides is 1. The van der Waals surface area contributed by atoms with Gasteiger partial charge >= 0.3 is 0 Å². The number of halogens is 3. The standard InChI is InChI=1S/C13H11Br2ClS/c1-7-3-4-9(10(14)5-7)12(16)11-6-8(2)13(15)17-11/h3-6,12H,1-2H3. The van der Waals surface area contributed by atoms with E-state index in [1.54, 1.807) is 11.3 Å². The van der Waals surface area contributed by atoms with Crippen LogP contribution < -0.4 is 0 Å². The van der Waals surface area contributed by atoms with Gasteiger partial charge in [0, 0.05) is 9.35 Å². The summed E-state index contributed by atoms with van der Waals surface area (Å²) in [5.41, 5.74) is 3.58. The summed E-state index contributed by atoms with van der Waals surface area (Å²) in [4.78, 5) is 1.17. The largest absolute Gasteiger partial charge is 0.131 e. The van der Waals surface area contributed by atoms with Crippen LogP contribution in [0.15, 0.2) is 32.5 Å². The number of aryl methyl sites for hydroxylation is 2. The lowest BCUT2D eigenvalue weighted by Gasteiger charge is -2.10. The molecule has 0 fully saturated rings. The van der Waals surface area contributed by atoms with E-state index in [4.69, 9.17) is 11.6 Å². The lowest BCUT2D eigenvalue weighted by atomic mass is 10.1. The van der Waals surface area contributed by atoms with Crippen LogP contribution in [-0.2, 0) is 0 Å². The Balaban J connectivity index is 2.39. The highest BCUT2D eigenvalue weighted by Gasteiger charge is 2.17. The zero-order valence-corrected chi connectivity index (χ0v) is 14.2. The summed E-state index contributed by atoms with van der Waals surface area (Å²) in [5, 5.41) is -0.0972. The topological polar surface area (TPSA) is 0 Å². The van der Waals surface area contributed by atoms with Gasteiger partial charge in [0.25, 0.3) is 0 Å². The maximum Gasteiger partial charge on any atom is 0.0939 e. The van der Waals surface area contributed by atoms with Crippen molar-refractivity contribution >= 4 is 54.8 Å². The third-order valence-electron chi connectivity index (χ3n) is 2.56. The van der Waals surface area contributed by atoms with Crippen LogP contribution in [0.25, 0.3) is 0 Å². The van der Waals surface area contributed by atoms with Crippen LogP contribution in [0.1, 0.15) is 26.9 Å². The highest BCUT2D eigenvalue weighted by Crippen LogP contribution is 2.40. The fourth-order valence-corrected chi connectivity index (χ4v) is 4.41. The molecule has 90 valence electrons. The first kappa shape index (κ1) is 13.6. The molecule has 0 nitrogen and oxygen atoms in total. The van der Waals surface area contributed by atoms with Crippen molar-refractivity contribution in [2.24, 2.45) is 0 Å². The molecule has 1 aromatic carbocycles. The second-order valence-corrected chi connectivity index (χ2v) is 7.69. The van der Waals surface area contributed by atoms with Gasteiger partial charge in [0.05, 0.1) is 9.16 Å². The van der Waals surface area contributed by atoms with Gasteiger partial charge in [-0.3, -0.25) is 0 Å². The zero-order valence-electron chi connectivity index (χ0n) is 9.43. The van der Waals surface area contributed by atoms with Crippen LogP contribution in [-0.4, -0.2) is 0 Å². The zero-order chi connectivity index (χ0) is 12.6. The van der Waals surface area contributed by atoms with E-state index in [1.165, 1.54) is 16.0 Å². The SMILES string of the molecule is Cc1ccc(C(Cl)c2cc(C)c(Br)s2)c(Br)c1. The minimum absolute atomic E-state index is 0.0972. The van der Waals surface area contributed by atoms with Crippen LogP contribution in [0.3, 0.4) is 0 Å². The molecule has 1 atom stereocenters. The van der Waals surface area contributed by atoms with E-state index in [9.17, 15) is 0 Å². The molecule has 0 spiro atoms. The molecule has 1 aromatic heterocycles. The average molecular weight is 395 g/mol. The number of benzene rings is 1. The Morgan fingerprint density at radius 2 is 1.88 bits per heavy atom. The Hall–Kier alpha value is 0.170. The Labute approximate surface area is 127 Å². The molecule has 0 aliphatic rings. The van der Waals surface area contributed by atoms with Crippen molar-refractivity contribution in [3.05, 3.63) is 54.1 Å².